The number of benzene rings is 1. The van der Waals surface area contributed by atoms with Crippen molar-refractivity contribution in [2.24, 2.45) is 0 Å². The molecule has 0 unspecified atom stereocenters. The summed E-state index contributed by atoms with van der Waals surface area (Å²) in [5.41, 5.74) is 0. The molecule has 1 N–H and O–H groups in total. The van der Waals surface area contributed by atoms with Crippen molar-refractivity contribution in [2.45, 2.75) is 4.90 Å². The zero-order valence-electron chi connectivity index (χ0n) is 5.06. The molecule has 0 aliphatic carbocycles. The SMILES string of the molecule is O=S(=O)(O)c1ccccc1.[NaH]. The van der Waals surface area contributed by atoms with Gasteiger partial charge in [0.15, 0.2) is 0 Å². The van der Waals surface area contributed by atoms with E-state index in [9.17, 15) is 8.42 Å². The van der Waals surface area contributed by atoms with Crippen molar-refractivity contribution in [3.05, 3.63) is 30.3 Å². The van der Waals surface area contributed by atoms with Gasteiger partial charge in [-0.1, -0.05) is 18.2 Å². The third-order valence-electron chi connectivity index (χ3n) is 1.04. The van der Waals surface area contributed by atoms with Gasteiger partial charge in [0, 0.05) is 0 Å². The summed E-state index contributed by atoms with van der Waals surface area (Å²) in [6, 6.07) is 7.42. The van der Waals surface area contributed by atoms with Crippen molar-refractivity contribution in [3.63, 3.8) is 0 Å². The molecule has 0 saturated carbocycles. The van der Waals surface area contributed by atoms with Crippen LogP contribution in [0.5, 0.6) is 0 Å². The van der Waals surface area contributed by atoms with Crippen LogP contribution in [0.3, 0.4) is 0 Å². The molecule has 0 aromatic heterocycles. The van der Waals surface area contributed by atoms with Gasteiger partial charge in [-0.3, -0.25) is 4.55 Å². The van der Waals surface area contributed by atoms with E-state index in [0.29, 0.717) is 0 Å². The van der Waals surface area contributed by atoms with E-state index < -0.39 is 10.1 Å². The van der Waals surface area contributed by atoms with Crippen LogP contribution in [0.15, 0.2) is 35.2 Å². The van der Waals surface area contributed by atoms with E-state index in [2.05, 4.69) is 0 Å². The van der Waals surface area contributed by atoms with Crippen LogP contribution in [0, 0.1) is 0 Å². The van der Waals surface area contributed by atoms with Crippen LogP contribution in [0.1, 0.15) is 0 Å². The average molecular weight is 182 g/mol. The second kappa shape index (κ2) is 4.23. The van der Waals surface area contributed by atoms with Crippen LogP contribution < -0.4 is 0 Å². The molecule has 0 bridgehead atoms. The quantitative estimate of drug-likeness (QED) is 0.501. The van der Waals surface area contributed by atoms with Gasteiger partial charge in [0.25, 0.3) is 10.1 Å². The summed E-state index contributed by atoms with van der Waals surface area (Å²) in [4.78, 5) is -0.0741. The predicted octanol–water partition coefficient (Wildman–Crippen LogP) is 0.285. The summed E-state index contributed by atoms with van der Waals surface area (Å²) in [5.74, 6) is 0. The van der Waals surface area contributed by atoms with Crippen LogP contribution >= 0.6 is 0 Å². The fourth-order valence-corrected chi connectivity index (χ4v) is 1.09. The van der Waals surface area contributed by atoms with Crippen molar-refractivity contribution in [1.82, 2.24) is 0 Å². The third kappa shape index (κ3) is 3.35. The number of hydrogen-bond acceptors (Lipinski definition) is 2. The van der Waals surface area contributed by atoms with Crippen LogP contribution in [0.4, 0.5) is 0 Å². The summed E-state index contributed by atoms with van der Waals surface area (Å²) in [6.07, 6.45) is 0. The van der Waals surface area contributed by atoms with Gasteiger partial charge in [-0.05, 0) is 12.1 Å². The molecule has 0 saturated heterocycles. The minimum atomic E-state index is -4.00. The van der Waals surface area contributed by atoms with Gasteiger partial charge in [-0.25, -0.2) is 0 Å². The molecule has 1 aromatic carbocycles. The molecule has 0 heterocycles. The molecule has 1 rings (SSSR count). The molecule has 0 atom stereocenters. The van der Waals surface area contributed by atoms with E-state index in [1.165, 1.54) is 12.1 Å². The Hall–Kier alpha value is 0.130. The topological polar surface area (TPSA) is 54.4 Å². The molecule has 0 amide bonds. The Morgan fingerprint density at radius 2 is 1.55 bits per heavy atom. The van der Waals surface area contributed by atoms with E-state index in [4.69, 9.17) is 4.55 Å². The Kier molecular flexibility index (Phi) is 4.28. The molecule has 1 aromatic rings. The monoisotopic (exact) mass is 182 g/mol. The first kappa shape index (κ1) is 11.1. The molecular formula is C6H7NaO3S. The van der Waals surface area contributed by atoms with E-state index in [0.717, 1.165) is 0 Å². The predicted molar refractivity (Wildman–Crippen MR) is 43.4 cm³/mol. The zero-order chi connectivity index (χ0) is 7.61. The molecule has 0 spiro atoms. The normalized spacial score (nSPS) is 10.3. The Morgan fingerprint density at radius 3 is 1.82 bits per heavy atom. The van der Waals surface area contributed by atoms with Gasteiger partial charge in [0.1, 0.15) is 0 Å². The molecule has 0 aliphatic heterocycles. The first-order valence-electron chi connectivity index (χ1n) is 2.63. The van der Waals surface area contributed by atoms with Crippen molar-refractivity contribution >= 4 is 39.7 Å². The maximum atomic E-state index is 10.4. The van der Waals surface area contributed by atoms with E-state index in [1.54, 1.807) is 18.2 Å². The van der Waals surface area contributed by atoms with Crippen molar-refractivity contribution in [1.29, 1.82) is 0 Å². The molecule has 0 aliphatic rings. The summed E-state index contributed by atoms with van der Waals surface area (Å²) in [7, 11) is -4.00. The molecule has 0 radical (unpaired) electrons. The van der Waals surface area contributed by atoms with Crippen LogP contribution in [0.25, 0.3) is 0 Å². The van der Waals surface area contributed by atoms with Gasteiger partial charge < -0.3 is 0 Å². The zero-order valence-corrected chi connectivity index (χ0v) is 5.88. The Bertz CT molecular complexity index is 306. The molecular weight excluding hydrogens is 175 g/mol. The van der Waals surface area contributed by atoms with Crippen molar-refractivity contribution in [2.75, 3.05) is 0 Å². The van der Waals surface area contributed by atoms with E-state index in [-0.39, 0.29) is 34.5 Å². The third-order valence-corrected chi connectivity index (χ3v) is 1.91. The van der Waals surface area contributed by atoms with E-state index >= 15 is 0 Å². The Balaban J connectivity index is 0.000001000. The summed E-state index contributed by atoms with van der Waals surface area (Å²) in [5, 5.41) is 0. The van der Waals surface area contributed by atoms with Crippen molar-refractivity contribution in [3.8, 4) is 0 Å². The first-order chi connectivity index (χ1) is 4.61. The van der Waals surface area contributed by atoms with Gasteiger partial charge in [-0.2, -0.15) is 8.42 Å². The molecule has 0 fully saturated rings. The average Bonchev–Trinajstić information content (AvgIpc) is 1.88. The van der Waals surface area contributed by atoms with Gasteiger partial charge >= 0.3 is 29.6 Å². The Labute approximate surface area is 87.5 Å². The maximum absolute atomic E-state index is 10.4. The van der Waals surface area contributed by atoms with Crippen LogP contribution in [-0.4, -0.2) is 42.5 Å². The number of rotatable bonds is 1. The first-order valence-corrected chi connectivity index (χ1v) is 4.07. The minimum absolute atomic E-state index is 0. The number of hydrogen-bond donors (Lipinski definition) is 1. The molecule has 5 heteroatoms. The molecule has 3 nitrogen and oxygen atoms in total. The summed E-state index contributed by atoms with van der Waals surface area (Å²) in [6.45, 7) is 0. The van der Waals surface area contributed by atoms with Crippen LogP contribution in [-0.2, 0) is 10.1 Å². The fraction of sp³-hybridized carbons (Fsp3) is 0. The Morgan fingerprint density at radius 1 is 1.09 bits per heavy atom. The van der Waals surface area contributed by atoms with Crippen molar-refractivity contribution < 1.29 is 13.0 Å². The van der Waals surface area contributed by atoms with Gasteiger partial charge in [0.2, 0.25) is 0 Å². The van der Waals surface area contributed by atoms with Gasteiger partial charge in [0.05, 0.1) is 4.90 Å². The van der Waals surface area contributed by atoms with E-state index in [1.807, 2.05) is 0 Å². The second-order valence-corrected chi connectivity index (χ2v) is 3.21. The van der Waals surface area contributed by atoms with Crippen LogP contribution in [0.2, 0.25) is 0 Å². The summed E-state index contributed by atoms with van der Waals surface area (Å²) < 4.78 is 29.2. The summed E-state index contributed by atoms with van der Waals surface area (Å²) >= 11 is 0. The standard InChI is InChI=1S/C6H6O3S.Na.H/c7-10(8,9)6-4-2-1-3-5-6;;/h1-5H,(H,7,8,9);;. The second-order valence-electron chi connectivity index (χ2n) is 1.79. The fourth-order valence-electron chi connectivity index (χ4n) is 0.592. The van der Waals surface area contributed by atoms with Gasteiger partial charge in [-0.15, -0.1) is 0 Å². The molecule has 11 heavy (non-hydrogen) atoms. The molecule has 56 valence electrons.